The van der Waals surface area contributed by atoms with Gasteiger partial charge in [0.1, 0.15) is 0 Å². The van der Waals surface area contributed by atoms with Gasteiger partial charge < -0.3 is 14.8 Å². The maximum absolute atomic E-state index is 12.6. The molecular weight excluding hydrogens is 388 g/mol. The van der Waals surface area contributed by atoms with Gasteiger partial charge in [0, 0.05) is 25.6 Å². The molecule has 1 amide bonds. The van der Waals surface area contributed by atoms with Crippen LogP contribution in [0, 0.1) is 12.8 Å². The molecule has 5 heteroatoms. The number of carbonyl (C=O) groups excluding carboxylic acids is 1. The van der Waals surface area contributed by atoms with Gasteiger partial charge in [0.05, 0.1) is 20.3 Å². The number of amides is 1. The van der Waals surface area contributed by atoms with Crippen molar-refractivity contribution in [3.63, 3.8) is 0 Å². The van der Waals surface area contributed by atoms with E-state index in [0.717, 1.165) is 31.0 Å². The molecule has 0 fully saturated rings. The Kier molecular flexibility index (Phi) is 7.60. The molecule has 0 saturated carbocycles. The van der Waals surface area contributed by atoms with Crippen LogP contribution in [0.25, 0.3) is 0 Å². The number of carbonyl (C=O) groups is 1. The summed E-state index contributed by atoms with van der Waals surface area (Å²) < 4.78 is 11.1. The quantitative estimate of drug-likeness (QED) is 0.669. The first-order valence-corrected chi connectivity index (χ1v) is 11.2. The molecule has 31 heavy (non-hydrogen) atoms. The summed E-state index contributed by atoms with van der Waals surface area (Å²) in [4.78, 5) is 15.1. The maximum Gasteiger partial charge on any atom is 0.220 e. The van der Waals surface area contributed by atoms with E-state index in [4.69, 9.17) is 9.47 Å². The summed E-state index contributed by atoms with van der Waals surface area (Å²) in [6.07, 6.45) is 1.47. The Hall–Kier alpha value is -2.53. The third-order valence-electron chi connectivity index (χ3n) is 5.95. The summed E-state index contributed by atoms with van der Waals surface area (Å²) in [5, 5.41) is 3.26. The van der Waals surface area contributed by atoms with E-state index in [9.17, 15) is 4.79 Å². The number of benzene rings is 2. The maximum atomic E-state index is 12.6. The number of methoxy groups -OCH3 is 2. The van der Waals surface area contributed by atoms with Crippen molar-refractivity contribution in [3.8, 4) is 11.5 Å². The highest BCUT2D eigenvalue weighted by molar-refractivity contribution is 5.76. The molecule has 0 aromatic heterocycles. The molecule has 2 aromatic rings. The second kappa shape index (κ2) is 10.2. The van der Waals surface area contributed by atoms with Gasteiger partial charge in [0.15, 0.2) is 11.5 Å². The molecule has 1 aliphatic heterocycles. The molecule has 2 aromatic carbocycles. The minimum Gasteiger partial charge on any atom is -0.493 e. The lowest BCUT2D eigenvalue weighted by Gasteiger charge is -2.41. The van der Waals surface area contributed by atoms with E-state index in [0.29, 0.717) is 12.3 Å². The number of fused-ring (bicyclic) bond motifs is 1. The molecule has 0 radical (unpaired) electrons. The normalized spacial score (nSPS) is 17.2. The third kappa shape index (κ3) is 5.59. The molecular formula is C26H36N2O3. The van der Waals surface area contributed by atoms with Crippen LogP contribution in [-0.4, -0.2) is 37.6 Å². The van der Waals surface area contributed by atoms with Crippen molar-refractivity contribution in [2.75, 3.05) is 20.8 Å². The van der Waals surface area contributed by atoms with Gasteiger partial charge >= 0.3 is 0 Å². The number of nitrogens with zero attached hydrogens (tertiary/aromatic N) is 1. The van der Waals surface area contributed by atoms with Crippen molar-refractivity contribution in [3.05, 3.63) is 58.7 Å². The summed E-state index contributed by atoms with van der Waals surface area (Å²) in [6, 6.07) is 12.9. The Labute approximate surface area is 186 Å². The third-order valence-corrected chi connectivity index (χ3v) is 5.95. The Morgan fingerprint density at radius 3 is 2.48 bits per heavy atom. The topological polar surface area (TPSA) is 50.8 Å². The van der Waals surface area contributed by atoms with Crippen LogP contribution in [0.3, 0.4) is 0 Å². The average Bonchev–Trinajstić information content (AvgIpc) is 2.71. The predicted molar refractivity (Wildman–Crippen MR) is 125 cm³/mol. The van der Waals surface area contributed by atoms with Crippen molar-refractivity contribution < 1.29 is 14.3 Å². The summed E-state index contributed by atoms with van der Waals surface area (Å²) >= 11 is 0. The first-order valence-electron chi connectivity index (χ1n) is 11.2. The molecule has 1 aliphatic rings. The lowest BCUT2D eigenvalue weighted by atomic mass is 9.87. The predicted octanol–water partition coefficient (Wildman–Crippen LogP) is 4.66. The minimum atomic E-state index is -0.0341. The highest BCUT2D eigenvalue weighted by Gasteiger charge is 2.33. The van der Waals surface area contributed by atoms with Gasteiger partial charge in [-0.3, -0.25) is 9.69 Å². The van der Waals surface area contributed by atoms with Crippen LogP contribution in [0.4, 0.5) is 0 Å². The summed E-state index contributed by atoms with van der Waals surface area (Å²) in [5.74, 6) is 1.91. The largest absolute Gasteiger partial charge is 0.493 e. The molecule has 0 unspecified atom stereocenters. The Bertz CT molecular complexity index is 910. The van der Waals surface area contributed by atoms with Crippen molar-refractivity contribution in [2.45, 2.75) is 59.2 Å². The van der Waals surface area contributed by atoms with Crippen molar-refractivity contribution >= 4 is 5.91 Å². The highest BCUT2D eigenvalue weighted by atomic mass is 16.5. The fourth-order valence-electron chi connectivity index (χ4n) is 4.60. The van der Waals surface area contributed by atoms with Gasteiger partial charge in [0.25, 0.3) is 0 Å². The zero-order chi connectivity index (χ0) is 22.5. The number of nitrogens with one attached hydrogen (secondary N) is 1. The fourth-order valence-corrected chi connectivity index (χ4v) is 4.60. The lowest BCUT2D eigenvalue weighted by Crippen LogP contribution is -2.47. The number of ether oxygens (including phenoxy) is 2. The molecule has 3 rings (SSSR count). The molecule has 168 valence electrons. The van der Waals surface area contributed by atoms with Gasteiger partial charge in [-0.25, -0.2) is 0 Å². The molecule has 1 N–H and O–H groups in total. The van der Waals surface area contributed by atoms with Gasteiger partial charge in [-0.05, 0) is 55.0 Å². The molecule has 0 spiro atoms. The molecule has 1 heterocycles. The van der Waals surface area contributed by atoms with Gasteiger partial charge in [-0.15, -0.1) is 0 Å². The molecule has 0 saturated heterocycles. The van der Waals surface area contributed by atoms with E-state index in [1.165, 1.54) is 22.3 Å². The molecule has 0 bridgehead atoms. The Morgan fingerprint density at radius 2 is 1.84 bits per heavy atom. The smallest absolute Gasteiger partial charge is 0.220 e. The Morgan fingerprint density at radius 1 is 1.13 bits per heavy atom. The summed E-state index contributed by atoms with van der Waals surface area (Å²) in [5.41, 5.74) is 5.01. The van der Waals surface area contributed by atoms with Crippen molar-refractivity contribution in [2.24, 2.45) is 5.92 Å². The van der Waals surface area contributed by atoms with Crippen LogP contribution in [0.1, 0.15) is 55.5 Å². The summed E-state index contributed by atoms with van der Waals surface area (Å²) in [6.45, 7) is 10.1. The van der Waals surface area contributed by atoms with E-state index in [1.54, 1.807) is 14.2 Å². The number of hydrogen-bond donors (Lipinski definition) is 1. The van der Waals surface area contributed by atoms with Crippen LogP contribution in [0.2, 0.25) is 0 Å². The van der Waals surface area contributed by atoms with E-state index in [-0.39, 0.29) is 18.0 Å². The van der Waals surface area contributed by atoms with Crippen LogP contribution < -0.4 is 14.8 Å². The number of rotatable bonds is 8. The fraction of sp³-hybridized carbons (Fsp3) is 0.500. The van der Waals surface area contributed by atoms with Crippen LogP contribution in [0.15, 0.2) is 36.4 Å². The van der Waals surface area contributed by atoms with E-state index in [1.807, 2.05) is 0 Å². The number of hydrogen-bond acceptors (Lipinski definition) is 4. The molecule has 0 aliphatic carbocycles. The van der Waals surface area contributed by atoms with Gasteiger partial charge in [-0.1, -0.05) is 43.7 Å². The first kappa shape index (κ1) is 23.1. The molecule has 5 nitrogen and oxygen atoms in total. The molecule has 2 atom stereocenters. The Balaban J connectivity index is 1.96. The van der Waals surface area contributed by atoms with Crippen LogP contribution in [-0.2, 0) is 17.8 Å². The average molecular weight is 425 g/mol. The summed E-state index contributed by atoms with van der Waals surface area (Å²) in [7, 11) is 3.34. The van der Waals surface area contributed by atoms with Gasteiger partial charge in [-0.2, -0.15) is 0 Å². The van der Waals surface area contributed by atoms with E-state index in [2.05, 4.69) is 74.3 Å². The monoisotopic (exact) mass is 424 g/mol. The standard InChI is InChI=1S/C26H36N2O3/c1-17(2)12-25(29)27-19(4)26-22-15-24(31-6)23(30-5)14-21(22)10-11-28(26)16-20-9-7-8-18(3)13-20/h7-9,13-15,17,19,26H,10-12,16H2,1-6H3,(H,27,29)/t19-,26+/m1/s1. The van der Waals surface area contributed by atoms with Crippen LogP contribution >= 0.6 is 0 Å². The minimum absolute atomic E-state index is 0.0341. The lowest BCUT2D eigenvalue weighted by molar-refractivity contribution is -0.122. The van der Waals surface area contributed by atoms with Crippen molar-refractivity contribution in [1.29, 1.82) is 0 Å². The first-order chi connectivity index (χ1) is 14.8. The van der Waals surface area contributed by atoms with Crippen LogP contribution in [0.5, 0.6) is 11.5 Å². The number of aryl methyl sites for hydroxylation is 1. The highest BCUT2D eigenvalue weighted by Crippen LogP contribution is 2.40. The van der Waals surface area contributed by atoms with Crippen molar-refractivity contribution in [1.82, 2.24) is 10.2 Å². The SMILES string of the molecule is COc1cc2c(cc1OC)[C@H]([C@@H](C)NC(=O)CC(C)C)N(Cc1cccc(C)c1)CC2. The zero-order valence-electron chi connectivity index (χ0n) is 19.7. The second-order valence-corrected chi connectivity index (χ2v) is 9.01. The zero-order valence-corrected chi connectivity index (χ0v) is 19.7. The second-order valence-electron chi connectivity index (χ2n) is 9.01. The van der Waals surface area contributed by atoms with Gasteiger partial charge in [0.2, 0.25) is 5.91 Å². The van der Waals surface area contributed by atoms with E-state index < -0.39 is 0 Å². The van der Waals surface area contributed by atoms with E-state index >= 15 is 0 Å².